The van der Waals surface area contributed by atoms with Crippen LogP contribution in [0.15, 0.2) is 34.5 Å². The first-order valence-corrected chi connectivity index (χ1v) is 9.31. The zero-order valence-electron chi connectivity index (χ0n) is 12.1. The molecule has 1 heterocycles. The summed E-state index contributed by atoms with van der Waals surface area (Å²) in [4.78, 5) is 0. The largest absolute Gasteiger partial charge is 0.490 e. The van der Waals surface area contributed by atoms with E-state index < -0.39 is 10.0 Å². The van der Waals surface area contributed by atoms with Gasteiger partial charge in [0.05, 0.1) is 23.2 Å². The topological polar surface area (TPSA) is 64.6 Å². The van der Waals surface area contributed by atoms with Crippen molar-refractivity contribution in [2.75, 3.05) is 17.9 Å². The minimum absolute atomic E-state index is 0.157. The molecule has 22 heavy (non-hydrogen) atoms. The Hall–Kier alpha value is -1.44. The van der Waals surface area contributed by atoms with E-state index in [1.807, 2.05) is 13.8 Å². The van der Waals surface area contributed by atoms with Crippen molar-refractivity contribution >= 4 is 38.6 Å². The number of thiophene rings is 1. The minimum atomic E-state index is -3.66. The molecule has 0 aliphatic carbocycles. The molecule has 0 saturated carbocycles. The van der Waals surface area contributed by atoms with Crippen LogP contribution in [0, 0.1) is 0 Å². The van der Waals surface area contributed by atoms with E-state index in [-0.39, 0.29) is 4.21 Å². The first kappa shape index (κ1) is 16.9. The lowest BCUT2D eigenvalue weighted by molar-refractivity contribution is 0.288. The average molecular weight is 362 g/mol. The lowest BCUT2D eigenvalue weighted by Crippen LogP contribution is -2.11. The number of halogens is 1. The fourth-order valence-electron chi connectivity index (χ4n) is 1.76. The van der Waals surface area contributed by atoms with Gasteiger partial charge in [0.15, 0.2) is 11.5 Å². The Labute approximate surface area is 138 Å². The van der Waals surface area contributed by atoms with Crippen LogP contribution in [0.4, 0.5) is 5.69 Å². The van der Waals surface area contributed by atoms with Gasteiger partial charge < -0.3 is 9.47 Å². The zero-order valence-corrected chi connectivity index (χ0v) is 14.5. The van der Waals surface area contributed by atoms with Crippen molar-refractivity contribution in [3.8, 4) is 11.5 Å². The van der Waals surface area contributed by atoms with E-state index in [0.717, 1.165) is 11.3 Å². The number of hydrogen-bond acceptors (Lipinski definition) is 5. The monoisotopic (exact) mass is 361 g/mol. The highest BCUT2D eigenvalue weighted by atomic mass is 35.5. The van der Waals surface area contributed by atoms with E-state index in [2.05, 4.69) is 4.72 Å². The Kier molecular flexibility index (Phi) is 5.55. The molecule has 0 atom stereocenters. The molecular formula is C14H16ClNO4S2. The van der Waals surface area contributed by atoms with Crippen molar-refractivity contribution in [2.45, 2.75) is 18.1 Å². The molecule has 2 aromatic rings. The van der Waals surface area contributed by atoms with Gasteiger partial charge in [-0.3, -0.25) is 4.72 Å². The van der Waals surface area contributed by atoms with Gasteiger partial charge in [-0.2, -0.15) is 0 Å². The fourth-order valence-corrected chi connectivity index (χ4v) is 4.29. The zero-order chi connectivity index (χ0) is 16.2. The lowest BCUT2D eigenvalue weighted by atomic mass is 10.3. The third kappa shape index (κ3) is 4.06. The third-order valence-electron chi connectivity index (χ3n) is 2.61. The van der Waals surface area contributed by atoms with Crippen LogP contribution in [0.2, 0.25) is 4.34 Å². The van der Waals surface area contributed by atoms with Gasteiger partial charge in [0.2, 0.25) is 0 Å². The van der Waals surface area contributed by atoms with Gasteiger partial charge in [-0.25, -0.2) is 8.42 Å². The highest BCUT2D eigenvalue weighted by Gasteiger charge is 2.17. The Balaban J connectivity index is 2.27. The van der Waals surface area contributed by atoms with Crippen molar-refractivity contribution < 1.29 is 17.9 Å². The second kappa shape index (κ2) is 7.21. The lowest BCUT2D eigenvalue weighted by Gasteiger charge is -2.13. The molecule has 0 unspecified atom stereocenters. The molecule has 0 bridgehead atoms. The molecule has 0 amide bonds. The van der Waals surface area contributed by atoms with Gasteiger partial charge in [-0.15, -0.1) is 11.3 Å². The fraction of sp³-hybridized carbons (Fsp3) is 0.286. The highest BCUT2D eigenvalue weighted by molar-refractivity contribution is 7.94. The molecule has 0 saturated heterocycles. The molecule has 1 aromatic carbocycles. The van der Waals surface area contributed by atoms with Crippen LogP contribution >= 0.6 is 22.9 Å². The van der Waals surface area contributed by atoms with Gasteiger partial charge >= 0.3 is 0 Å². The molecule has 8 heteroatoms. The maximum Gasteiger partial charge on any atom is 0.271 e. The minimum Gasteiger partial charge on any atom is -0.490 e. The van der Waals surface area contributed by atoms with Crippen LogP contribution in [0.5, 0.6) is 11.5 Å². The van der Waals surface area contributed by atoms with E-state index in [1.165, 1.54) is 6.07 Å². The summed E-state index contributed by atoms with van der Waals surface area (Å²) in [6, 6.07) is 7.91. The molecule has 2 rings (SSSR count). The Bertz CT molecular complexity index is 743. The van der Waals surface area contributed by atoms with E-state index in [4.69, 9.17) is 21.1 Å². The van der Waals surface area contributed by atoms with Crippen LogP contribution < -0.4 is 14.2 Å². The van der Waals surface area contributed by atoms with Crippen LogP contribution in [0.1, 0.15) is 13.8 Å². The number of benzene rings is 1. The van der Waals surface area contributed by atoms with Gasteiger partial charge in [0.1, 0.15) is 4.21 Å². The van der Waals surface area contributed by atoms with Crippen LogP contribution in [0.25, 0.3) is 0 Å². The second-order valence-corrected chi connectivity index (χ2v) is 7.82. The molecule has 0 aliphatic rings. The average Bonchev–Trinajstić information content (AvgIpc) is 2.89. The smallest absolute Gasteiger partial charge is 0.271 e. The summed E-state index contributed by atoms with van der Waals surface area (Å²) in [7, 11) is -3.66. The molecule has 0 radical (unpaired) electrons. The summed E-state index contributed by atoms with van der Waals surface area (Å²) in [5, 5.41) is 0. The van der Waals surface area contributed by atoms with Crippen molar-refractivity contribution in [2.24, 2.45) is 0 Å². The Morgan fingerprint density at radius 2 is 1.77 bits per heavy atom. The summed E-state index contributed by atoms with van der Waals surface area (Å²) in [6.45, 7) is 4.67. The van der Waals surface area contributed by atoms with E-state index in [9.17, 15) is 8.42 Å². The standard InChI is InChI=1S/C14H16ClNO4S2/c1-3-19-11-6-5-10(9-12(11)20-4-2)16-22(17,18)14-8-7-13(15)21-14/h5-9,16H,3-4H2,1-2H3. The maximum absolute atomic E-state index is 12.3. The van der Waals surface area contributed by atoms with Gasteiger partial charge in [-0.1, -0.05) is 11.6 Å². The summed E-state index contributed by atoms with van der Waals surface area (Å²) >= 11 is 6.78. The van der Waals surface area contributed by atoms with Crippen LogP contribution in [-0.4, -0.2) is 21.6 Å². The molecular weight excluding hydrogens is 346 g/mol. The van der Waals surface area contributed by atoms with Gasteiger partial charge in [0.25, 0.3) is 10.0 Å². The summed E-state index contributed by atoms with van der Waals surface area (Å²) < 4.78 is 38.5. The Morgan fingerprint density at radius 1 is 1.09 bits per heavy atom. The van der Waals surface area contributed by atoms with E-state index >= 15 is 0 Å². The SMILES string of the molecule is CCOc1ccc(NS(=O)(=O)c2ccc(Cl)s2)cc1OCC. The molecule has 0 aliphatic heterocycles. The molecule has 0 fully saturated rings. The molecule has 1 N–H and O–H groups in total. The van der Waals surface area contributed by atoms with Crippen molar-refractivity contribution in [3.63, 3.8) is 0 Å². The number of hydrogen-bond donors (Lipinski definition) is 1. The van der Waals surface area contributed by atoms with Crippen molar-refractivity contribution in [1.29, 1.82) is 0 Å². The number of nitrogens with one attached hydrogen (secondary N) is 1. The van der Waals surface area contributed by atoms with E-state index in [1.54, 1.807) is 24.3 Å². The quantitative estimate of drug-likeness (QED) is 0.809. The Morgan fingerprint density at radius 3 is 2.36 bits per heavy atom. The van der Waals surface area contributed by atoms with Gasteiger partial charge in [-0.05, 0) is 38.1 Å². The second-order valence-electron chi connectivity index (χ2n) is 4.19. The predicted molar refractivity (Wildman–Crippen MR) is 88.9 cm³/mol. The number of rotatable bonds is 7. The molecule has 120 valence electrons. The first-order chi connectivity index (χ1) is 10.5. The summed E-state index contributed by atoms with van der Waals surface area (Å²) in [6.07, 6.45) is 0. The molecule has 0 spiro atoms. The van der Waals surface area contributed by atoms with Crippen LogP contribution in [-0.2, 0) is 10.0 Å². The number of ether oxygens (including phenoxy) is 2. The highest BCUT2D eigenvalue weighted by Crippen LogP contribution is 2.32. The summed E-state index contributed by atoms with van der Waals surface area (Å²) in [5.41, 5.74) is 0.399. The number of sulfonamides is 1. The van der Waals surface area contributed by atoms with Gasteiger partial charge in [0, 0.05) is 6.07 Å². The van der Waals surface area contributed by atoms with Crippen molar-refractivity contribution in [1.82, 2.24) is 0 Å². The molecule has 1 aromatic heterocycles. The van der Waals surface area contributed by atoms with Crippen molar-refractivity contribution in [3.05, 3.63) is 34.7 Å². The van der Waals surface area contributed by atoms with E-state index in [0.29, 0.717) is 34.7 Å². The summed E-state index contributed by atoms with van der Waals surface area (Å²) in [5.74, 6) is 1.07. The van der Waals surface area contributed by atoms with Crippen LogP contribution in [0.3, 0.4) is 0 Å². The predicted octanol–water partition coefficient (Wildman–Crippen LogP) is 4.00. The normalized spacial score (nSPS) is 11.2. The molecule has 5 nitrogen and oxygen atoms in total. The third-order valence-corrected chi connectivity index (χ3v) is 5.71. The first-order valence-electron chi connectivity index (χ1n) is 6.64. The number of anilines is 1. The maximum atomic E-state index is 12.3.